The third kappa shape index (κ3) is 2.97. The van der Waals surface area contributed by atoms with Gasteiger partial charge in [0.2, 0.25) is 0 Å². The summed E-state index contributed by atoms with van der Waals surface area (Å²) in [5.74, 6) is 0.727. The molecule has 1 aromatic carbocycles. The van der Waals surface area contributed by atoms with E-state index in [9.17, 15) is 4.79 Å². The summed E-state index contributed by atoms with van der Waals surface area (Å²) >= 11 is 1.62. The van der Waals surface area contributed by atoms with Crippen LogP contribution in [0.3, 0.4) is 0 Å². The Kier molecular flexibility index (Phi) is 3.65. The molecule has 114 valence electrons. The first kappa shape index (κ1) is 15.0. The van der Waals surface area contributed by atoms with Gasteiger partial charge in [0.1, 0.15) is 10.7 Å². The van der Waals surface area contributed by atoms with Gasteiger partial charge in [0, 0.05) is 11.3 Å². The molecule has 3 aromatic rings. The second-order valence-corrected chi connectivity index (χ2v) is 7.79. The monoisotopic (exact) mass is 312 g/mol. The van der Waals surface area contributed by atoms with Gasteiger partial charge in [-0.2, -0.15) is 0 Å². The van der Waals surface area contributed by atoms with E-state index in [0.29, 0.717) is 11.8 Å². The van der Waals surface area contributed by atoms with E-state index in [1.54, 1.807) is 11.3 Å². The molecule has 3 nitrogen and oxygen atoms in total. The molecule has 2 aromatic heterocycles. The zero-order chi connectivity index (χ0) is 15.9. The van der Waals surface area contributed by atoms with Crippen LogP contribution in [0.2, 0.25) is 0 Å². The molecule has 0 aliphatic heterocycles. The maximum atomic E-state index is 12.3. The Morgan fingerprint density at radius 1 is 1.23 bits per heavy atom. The van der Waals surface area contributed by atoms with Gasteiger partial charge in [-0.15, -0.1) is 11.3 Å². The van der Waals surface area contributed by atoms with Crippen LogP contribution in [0, 0.1) is 6.92 Å². The Morgan fingerprint density at radius 3 is 2.68 bits per heavy atom. The van der Waals surface area contributed by atoms with Crippen LogP contribution in [0.15, 0.2) is 35.1 Å². The number of nitrogens with one attached hydrogen (secondary N) is 1. The second-order valence-electron chi connectivity index (χ2n) is 6.76. The van der Waals surface area contributed by atoms with E-state index >= 15 is 0 Å². The molecule has 0 saturated carbocycles. The minimum Gasteiger partial charge on any atom is -0.310 e. The van der Waals surface area contributed by atoms with Gasteiger partial charge in [0.25, 0.3) is 5.56 Å². The van der Waals surface area contributed by atoms with Crippen LogP contribution in [0.5, 0.6) is 0 Å². The summed E-state index contributed by atoms with van der Waals surface area (Å²) in [6.45, 7) is 8.52. The lowest BCUT2D eigenvalue weighted by atomic mass is 9.94. The fourth-order valence-corrected chi connectivity index (χ4v) is 3.55. The van der Waals surface area contributed by atoms with E-state index < -0.39 is 0 Å². The van der Waals surface area contributed by atoms with Crippen molar-refractivity contribution >= 4 is 21.6 Å². The Labute approximate surface area is 134 Å². The first-order chi connectivity index (χ1) is 10.3. The van der Waals surface area contributed by atoms with Gasteiger partial charge in [-0.05, 0) is 24.0 Å². The molecule has 3 rings (SSSR count). The third-order valence-electron chi connectivity index (χ3n) is 3.64. The number of aryl methyl sites for hydroxylation is 1. The highest BCUT2D eigenvalue weighted by Gasteiger charge is 2.19. The molecule has 22 heavy (non-hydrogen) atoms. The predicted octanol–water partition coefficient (Wildman–Crippen LogP) is 4.18. The number of rotatable bonds is 2. The van der Waals surface area contributed by atoms with Crippen molar-refractivity contribution in [1.82, 2.24) is 9.97 Å². The lowest BCUT2D eigenvalue weighted by Crippen LogP contribution is -2.11. The van der Waals surface area contributed by atoms with Crippen molar-refractivity contribution in [2.24, 2.45) is 0 Å². The quantitative estimate of drug-likeness (QED) is 0.771. The van der Waals surface area contributed by atoms with Crippen molar-refractivity contribution in [2.45, 2.75) is 39.5 Å². The molecule has 1 N–H and O–H groups in total. The summed E-state index contributed by atoms with van der Waals surface area (Å²) in [6.07, 6.45) is 0.648. The summed E-state index contributed by atoms with van der Waals surface area (Å²) in [5, 5.41) is 0.697. The molecule has 0 aliphatic carbocycles. The Morgan fingerprint density at radius 2 is 2.00 bits per heavy atom. The number of H-pyrrole nitrogens is 1. The fraction of sp³-hybridized carbons (Fsp3) is 0.333. The van der Waals surface area contributed by atoms with Gasteiger partial charge in [-0.1, -0.05) is 50.6 Å². The van der Waals surface area contributed by atoms with Crippen molar-refractivity contribution in [3.63, 3.8) is 0 Å². The first-order valence-electron chi connectivity index (χ1n) is 7.42. The number of nitrogens with zero attached hydrogens (tertiary/aromatic N) is 1. The topological polar surface area (TPSA) is 45.8 Å². The zero-order valence-electron chi connectivity index (χ0n) is 13.4. The molecule has 4 heteroatoms. The molecule has 2 heterocycles. The van der Waals surface area contributed by atoms with Crippen LogP contribution in [0.4, 0.5) is 0 Å². The number of fused-ring (bicyclic) bond motifs is 1. The van der Waals surface area contributed by atoms with E-state index in [1.807, 2.05) is 12.1 Å². The second kappa shape index (κ2) is 5.36. The van der Waals surface area contributed by atoms with Crippen LogP contribution in [0.25, 0.3) is 10.2 Å². The highest BCUT2D eigenvalue weighted by atomic mass is 32.1. The first-order valence-corrected chi connectivity index (χ1v) is 8.23. The average molecular weight is 312 g/mol. The number of thiophene rings is 1. The van der Waals surface area contributed by atoms with Crippen LogP contribution < -0.4 is 5.56 Å². The number of hydrogen-bond acceptors (Lipinski definition) is 3. The molecule has 0 aliphatic rings. The minimum atomic E-state index is -0.0422. The molecule has 0 amide bonds. The van der Waals surface area contributed by atoms with E-state index in [0.717, 1.165) is 16.2 Å². The molecule has 0 unspecified atom stereocenters. The Balaban J connectivity index is 2.03. The third-order valence-corrected chi connectivity index (χ3v) is 5.10. The molecule has 0 fully saturated rings. The maximum Gasteiger partial charge on any atom is 0.259 e. The maximum absolute atomic E-state index is 12.3. The van der Waals surface area contributed by atoms with Gasteiger partial charge in [0.15, 0.2) is 0 Å². The lowest BCUT2D eigenvalue weighted by molar-refractivity contribution is 0.604. The van der Waals surface area contributed by atoms with Crippen LogP contribution in [-0.2, 0) is 11.8 Å². The molecular weight excluding hydrogens is 292 g/mol. The van der Waals surface area contributed by atoms with Crippen molar-refractivity contribution < 1.29 is 0 Å². The SMILES string of the molecule is Cc1cccc(Cc2nc3sc(C(C)(C)C)cc3c(=O)[nH]2)c1. The summed E-state index contributed by atoms with van der Waals surface area (Å²) in [6, 6.07) is 10.3. The number of hydrogen-bond donors (Lipinski definition) is 1. The van der Waals surface area contributed by atoms with Crippen molar-refractivity contribution in [3.8, 4) is 0 Å². The smallest absolute Gasteiger partial charge is 0.259 e. The highest BCUT2D eigenvalue weighted by Crippen LogP contribution is 2.31. The van der Waals surface area contributed by atoms with Gasteiger partial charge in [-0.3, -0.25) is 4.79 Å². The largest absolute Gasteiger partial charge is 0.310 e. The number of benzene rings is 1. The van der Waals surface area contributed by atoms with Crippen molar-refractivity contribution in [3.05, 3.63) is 62.5 Å². The Hall–Kier alpha value is -1.94. The standard InChI is InChI=1S/C18H20N2OS/c1-11-6-5-7-12(8-11)9-15-19-16(21)13-10-14(18(2,3)4)22-17(13)20-15/h5-8,10H,9H2,1-4H3,(H,19,20,21). The molecule has 0 atom stereocenters. The van der Waals surface area contributed by atoms with E-state index in [2.05, 4.69) is 55.9 Å². The van der Waals surface area contributed by atoms with Crippen molar-refractivity contribution in [1.29, 1.82) is 0 Å². The Bertz CT molecular complexity index is 884. The van der Waals surface area contributed by atoms with E-state index in [4.69, 9.17) is 0 Å². The summed E-state index contributed by atoms with van der Waals surface area (Å²) < 4.78 is 0. The van der Waals surface area contributed by atoms with Gasteiger partial charge < -0.3 is 4.98 Å². The number of aromatic nitrogens is 2. The van der Waals surface area contributed by atoms with Crippen LogP contribution >= 0.6 is 11.3 Å². The predicted molar refractivity (Wildman–Crippen MR) is 92.9 cm³/mol. The normalized spacial score (nSPS) is 12.0. The molecule has 0 spiro atoms. The number of aromatic amines is 1. The van der Waals surface area contributed by atoms with Crippen LogP contribution in [-0.4, -0.2) is 9.97 Å². The average Bonchev–Trinajstić information content (AvgIpc) is 2.83. The minimum absolute atomic E-state index is 0.0362. The lowest BCUT2D eigenvalue weighted by Gasteiger charge is -2.14. The van der Waals surface area contributed by atoms with Crippen LogP contribution in [0.1, 0.15) is 42.6 Å². The molecule has 0 saturated heterocycles. The van der Waals surface area contributed by atoms with Gasteiger partial charge >= 0.3 is 0 Å². The zero-order valence-corrected chi connectivity index (χ0v) is 14.2. The summed E-state index contributed by atoms with van der Waals surface area (Å²) in [5.41, 5.74) is 2.37. The van der Waals surface area contributed by atoms with Gasteiger partial charge in [-0.25, -0.2) is 4.98 Å². The van der Waals surface area contributed by atoms with Gasteiger partial charge in [0.05, 0.1) is 5.39 Å². The summed E-state index contributed by atoms with van der Waals surface area (Å²) in [7, 11) is 0. The summed E-state index contributed by atoms with van der Waals surface area (Å²) in [4.78, 5) is 21.9. The van der Waals surface area contributed by atoms with Crippen molar-refractivity contribution in [2.75, 3.05) is 0 Å². The highest BCUT2D eigenvalue weighted by molar-refractivity contribution is 7.18. The molecular formula is C18H20N2OS. The molecule has 0 bridgehead atoms. The van der Waals surface area contributed by atoms with E-state index in [-0.39, 0.29) is 11.0 Å². The fourth-order valence-electron chi connectivity index (χ4n) is 2.44. The van der Waals surface area contributed by atoms with E-state index in [1.165, 1.54) is 10.4 Å². The molecule has 0 radical (unpaired) electrons.